The van der Waals surface area contributed by atoms with Crippen LogP contribution in [-0.2, 0) is 20.9 Å². The second kappa shape index (κ2) is 5.17. The first-order valence-corrected chi connectivity index (χ1v) is 6.86. The molecule has 2 atom stereocenters. The molecule has 0 amide bonds. The van der Waals surface area contributed by atoms with Crippen LogP contribution in [-0.4, -0.2) is 17.7 Å². The SMILES string of the molecule is O=C1C=CC2(CCCCC2OCc2ccccc2)O1. The molecule has 0 radical (unpaired) electrons. The standard InChI is InChI=1S/C16H18O3/c17-15-9-11-16(19-15)10-5-4-8-14(16)18-12-13-6-2-1-3-7-13/h1-3,6-7,9,11,14H,4-5,8,10,12H2. The van der Waals surface area contributed by atoms with Crippen LogP contribution in [0.1, 0.15) is 31.2 Å². The Hall–Kier alpha value is -1.61. The van der Waals surface area contributed by atoms with Crippen LogP contribution in [0, 0.1) is 0 Å². The number of rotatable bonds is 3. The quantitative estimate of drug-likeness (QED) is 0.782. The van der Waals surface area contributed by atoms with Gasteiger partial charge in [-0.1, -0.05) is 36.8 Å². The molecule has 1 aliphatic heterocycles. The minimum Gasteiger partial charge on any atom is -0.449 e. The molecule has 1 heterocycles. The average Bonchev–Trinajstić information content (AvgIpc) is 2.81. The van der Waals surface area contributed by atoms with Crippen molar-refractivity contribution in [3.63, 3.8) is 0 Å². The minimum atomic E-state index is -0.510. The molecule has 1 saturated carbocycles. The van der Waals surface area contributed by atoms with Crippen LogP contribution in [0.15, 0.2) is 42.5 Å². The second-order valence-electron chi connectivity index (χ2n) is 5.24. The van der Waals surface area contributed by atoms with E-state index in [0.29, 0.717) is 6.61 Å². The van der Waals surface area contributed by atoms with Crippen molar-refractivity contribution in [2.24, 2.45) is 0 Å². The highest BCUT2D eigenvalue weighted by Gasteiger charge is 2.45. The van der Waals surface area contributed by atoms with Gasteiger partial charge in [0, 0.05) is 6.08 Å². The lowest BCUT2D eigenvalue weighted by atomic mass is 9.82. The number of hydrogen-bond donors (Lipinski definition) is 0. The van der Waals surface area contributed by atoms with E-state index in [4.69, 9.17) is 9.47 Å². The predicted molar refractivity (Wildman–Crippen MR) is 71.5 cm³/mol. The Morgan fingerprint density at radius 3 is 2.84 bits per heavy atom. The fourth-order valence-corrected chi connectivity index (χ4v) is 2.90. The number of carbonyl (C=O) groups is 1. The third kappa shape index (κ3) is 2.56. The molecule has 3 heteroatoms. The molecule has 0 aromatic heterocycles. The minimum absolute atomic E-state index is 0.0239. The smallest absolute Gasteiger partial charge is 0.331 e. The van der Waals surface area contributed by atoms with Crippen molar-refractivity contribution in [2.75, 3.05) is 0 Å². The van der Waals surface area contributed by atoms with Gasteiger partial charge in [-0.05, 0) is 30.9 Å². The maximum atomic E-state index is 11.4. The average molecular weight is 258 g/mol. The van der Waals surface area contributed by atoms with Gasteiger partial charge in [-0.15, -0.1) is 0 Å². The third-order valence-corrected chi connectivity index (χ3v) is 3.91. The van der Waals surface area contributed by atoms with Gasteiger partial charge >= 0.3 is 5.97 Å². The maximum Gasteiger partial charge on any atom is 0.331 e. The van der Waals surface area contributed by atoms with Gasteiger partial charge in [0.15, 0.2) is 5.60 Å². The van der Waals surface area contributed by atoms with E-state index < -0.39 is 5.60 Å². The molecule has 3 rings (SSSR count). The van der Waals surface area contributed by atoms with Crippen LogP contribution in [0.3, 0.4) is 0 Å². The molecule has 1 fully saturated rings. The number of esters is 1. The van der Waals surface area contributed by atoms with E-state index in [0.717, 1.165) is 31.2 Å². The van der Waals surface area contributed by atoms with Gasteiger partial charge < -0.3 is 9.47 Å². The van der Waals surface area contributed by atoms with Gasteiger partial charge in [0.2, 0.25) is 0 Å². The van der Waals surface area contributed by atoms with Gasteiger partial charge in [-0.25, -0.2) is 4.79 Å². The van der Waals surface area contributed by atoms with Crippen molar-refractivity contribution in [1.29, 1.82) is 0 Å². The highest BCUT2D eigenvalue weighted by atomic mass is 16.6. The summed E-state index contributed by atoms with van der Waals surface area (Å²) in [4.78, 5) is 11.4. The molecule has 2 aliphatic rings. The van der Waals surface area contributed by atoms with Crippen LogP contribution < -0.4 is 0 Å². The van der Waals surface area contributed by atoms with Crippen LogP contribution >= 0.6 is 0 Å². The molecule has 3 nitrogen and oxygen atoms in total. The zero-order valence-electron chi connectivity index (χ0n) is 10.9. The van der Waals surface area contributed by atoms with Gasteiger partial charge in [-0.3, -0.25) is 0 Å². The van der Waals surface area contributed by atoms with E-state index in [1.807, 2.05) is 36.4 Å². The Morgan fingerprint density at radius 2 is 2.11 bits per heavy atom. The highest BCUT2D eigenvalue weighted by Crippen LogP contribution is 2.38. The maximum absolute atomic E-state index is 11.4. The van der Waals surface area contributed by atoms with Crippen LogP contribution in [0.5, 0.6) is 0 Å². The van der Waals surface area contributed by atoms with Crippen molar-refractivity contribution in [1.82, 2.24) is 0 Å². The lowest BCUT2D eigenvalue weighted by Crippen LogP contribution is -2.45. The molecule has 0 N–H and O–H groups in total. The summed E-state index contributed by atoms with van der Waals surface area (Å²) < 4.78 is 11.5. The molecular formula is C16H18O3. The first-order valence-electron chi connectivity index (χ1n) is 6.86. The van der Waals surface area contributed by atoms with Crippen LogP contribution in [0.2, 0.25) is 0 Å². The van der Waals surface area contributed by atoms with Crippen molar-refractivity contribution >= 4 is 5.97 Å². The first-order chi connectivity index (χ1) is 9.28. The normalized spacial score (nSPS) is 29.7. The Balaban J connectivity index is 1.68. The van der Waals surface area contributed by atoms with E-state index in [2.05, 4.69) is 0 Å². The largest absolute Gasteiger partial charge is 0.449 e. The topological polar surface area (TPSA) is 35.5 Å². The summed E-state index contributed by atoms with van der Waals surface area (Å²) in [5.74, 6) is -0.241. The number of carbonyl (C=O) groups excluding carboxylic acids is 1. The van der Waals surface area contributed by atoms with Crippen molar-refractivity contribution < 1.29 is 14.3 Å². The lowest BCUT2D eigenvalue weighted by molar-refractivity contribution is -0.166. The molecule has 1 aromatic carbocycles. The Kier molecular flexibility index (Phi) is 3.38. The summed E-state index contributed by atoms with van der Waals surface area (Å²) in [7, 11) is 0. The summed E-state index contributed by atoms with van der Waals surface area (Å²) in [6, 6.07) is 10.1. The van der Waals surface area contributed by atoms with E-state index >= 15 is 0 Å². The van der Waals surface area contributed by atoms with Gasteiger partial charge in [0.1, 0.15) is 6.10 Å². The molecule has 1 spiro atoms. The Labute approximate surface area is 113 Å². The lowest BCUT2D eigenvalue weighted by Gasteiger charge is -2.38. The van der Waals surface area contributed by atoms with Crippen LogP contribution in [0.25, 0.3) is 0 Å². The highest BCUT2D eigenvalue weighted by molar-refractivity contribution is 5.85. The van der Waals surface area contributed by atoms with Crippen molar-refractivity contribution in [3.8, 4) is 0 Å². The molecule has 1 aromatic rings. The van der Waals surface area contributed by atoms with Crippen LogP contribution in [0.4, 0.5) is 0 Å². The molecule has 2 unspecified atom stereocenters. The number of hydrogen-bond acceptors (Lipinski definition) is 3. The third-order valence-electron chi connectivity index (χ3n) is 3.91. The first kappa shape index (κ1) is 12.4. The Morgan fingerprint density at radius 1 is 1.26 bits per heavy atom. The van der Waals surface area contributed by atoms with Crippen molar-refractivity contribution in [2.45, 2.75) is 44.0 Å². The molecular weight excluding hydrogens is 240 g/mol. The van der Waals surface area contributed by atoms with Gasteiger partial charge in [-0.2, -0.15) is 0 Å². The summed E-state index contributed by atoms with van der Waals surface area (Å²) in [6.07, 6.45) is 7.44. The molecule has 19 heavy (non-hydrogen) atoms. The molecule has 0 bridgehead atoms. The van der Waals surface area contributed by atoms with E-state index in [-0.39, 0.29) is 12.1 Å². The number of benzene rings is 1. The zero-order valence-corrected chi connectivity index (χ0v) is 10.9. The molecule has 0 saturated heterocycles. The molecule has 1 aliphatic carbocycles. The summed E-state index contributed by atoms with van der Waals surface area (Å²) in [5.41, 5.74) is 0.640. The summed E-state index contributed by atoms with van der Waals surface area (Å²) >= 11 is 0. The number of ether oxygens (including phenoxy) is 2. The van der Waals surface area contributed by atoms with E-state index in [1.165, 1.54) is 6.08 Å². The van der Waals surface area contributed by atoms with Crippen molar-refractivity contribution in [3.05, 3.63) is 48.0 Å². The Bertz CT molecular complexity index is 480. The van der Waals surface area contributed by atoms with E-state index in [1.54, 1.807) is 0 Å². The fraction of sp³-hybridized carbons (Fsp3) is 0.438. The van der Waals surface area contributed by atoms with E-state index in [9.17, 15) is 4.79 Å². The van der Waals surface area contributed by atoms with Gasteiger partial charge in [0.05, 0.1) is 6.61 Å². The van der Waals surface area contributed by atoms with Gasteiger partial charge in [0.25, 0.3) is 0 Å². The second-order valence-corrected chi connectivity index (χ2v) is 5.24. The summed E-state index contributed by atoms with van der Waals surface area (Å²) in [5, 5.41) is 0. The zero-order chi connectivity index (χ0) is 13.1. The predicted octanol–water partition coefficient (Wildman–Crippen LogP) is 3.00. The molecule has 100 valence electrons. The summed E-state index contributed by atoms with van der Waals surface area (Å²) in [6.45, 7) is 0.568. The fourth-order valence-electron chi connectivity index (χ4n) is 2.90. The monoisotopic (exact) mass is 258 g/mol.